The van der Waals surface area contributed by atoms with E-state index in [0.717, 1.165) is 12.1 Å². The van der Waals surface area contributed by atoms with E-state index in [-0.39, 0.29) is 21.5 Å². The minimum atomic E-state index is -4.12. The molecule has 0 amide bonds. The van der Waals surface area contributed by atoms with E-state index >= 15 is 0 Å². The Labute approximate surface area is 125 Å². The topological polar surface area (TPSA) is 113 Å². The van der Waals surface area contributed by atoms with Gasteiger partial charge in [0.05, 0.1) is 28.9 Å². The summed E-state index contributed by atoms with van der Waals surface area (Å²) in [7, 11) is -4.12. The number of anilines is 1. The summed E-state index contributed by atoms with van der Waals surface area (Å²) < 4.78 is 39.9. The molecule has 0 heterocycles. The second-order valence-corrected chi connectivity index (χ2v) is 6.86. The number of aliphatic hydroxyl groups excluding tert-OH is 2. The smallest absolute Gasteiger partial charge is 0.243 e. The van der Waals surface area contributed by atoms with E-state index in [1.807, 2.05) is 0 Å². The van der Waals surface area contributed by atoms with E-state index in [2.05, 4.69) is 20.7 Å². The molecule has 1 aromatic carbocycles. The van der Waals surface area contributed by atoms with Gasteiger partial charge in [-0.2, -0.15) is 0 Å². The first-order valence-corrected chi connectivity index (χ1v) is 7.99. The summed E-state index contributed by atoms with van der Waals surface area (Å²) in [6.45, 7) is 0.446. The number of sulfonamides is 1. The van der Waals surface area contributed by atoms with Crippen molar-refractivity contribution >= 4 is 31.6 Å². The molecular weight excluding hydrogens is 355 g/mol. The van der Waals surface area contributed by atoms with E-state index in [1.54, 1.807) is 6.92 Å². The van der Waals surface area contributed by atoms with Gasteiger partial charge < -0.3 is 15.9 Å². The number of nitrogen functional groups attached to an aromatic ring is 1. The normalized spacial score (nSPS) is 12.7. The van der Waals surface area contributed by atoms with Crippen molar-refractivity contribution in [3.05, 3.63) is 22.4 Å². The molecule has 9 heteroatoms. The van der Waals surface area contributed by atoms with Crippen molar-refractivity contribution in [2.24, 2.45) is 0 Å². The molecule has 0 atom stereocenters. The first-order valence-electron chi connectivity index (χ1n) is 5.71. The van der Waals surface area contributed by atoms with Gasteiger partial charge in [0.2, 0.25) is 10.0 Å². The average Bonchev–Trinajstić information content (AvgIpc) is 2.40. The van der Waals surface area contributed by atoms with Crippen molar-refractivity contribution in [3.8, 4) is 0 Å². The number of hydrogen-bond acceptors (Lipinski definition) is 5. The Balaban J connectivity index is 3.28. The van der Waals surface area contributed by atoms with Crippen molar-refractivity contribution in [2.45, 2.75) is 23.8 Å². The number of halogens is 2. The van der Waals surface area contributed by atoms with Crippen LogP contribution in [0, 0.1) is 5.82 Å². The number of rotatable bonds is 6. The van der Waals surface area contributed by atoms with Gasteiger partial charge in [0.1, 0.15) is 10.7 Å². The van der Waals surface area contributed by atoms with Crippen molar-refractivity contribution in [1.29, 1.82) is 0 Å². The molecule has 0 saturated heterocycles. The lowest BCUT2D eigenvalue weighted by Crippen LogP contribution is -2.53. The van der Waals surface area contributed by atoms with Crippen molar-refractivity contribution in [1.82, 2.24) is 4.72 Å². The molecule has 114 valence electrons. The van der Waals surface area contributed by atoms with Gasteiger partial charge in [-0.15, -0.1) is 0 Å². The summed E-state index contributed by atoms with van der Waals surface area (Å²) in [5.74, 6) is -0.687. The summed E-state index contributed by atoms with van der Waals surface area (Å²) in [5, 5.41) is 18.5. The van der Waals surface area contributed by atoms with Gasteiger partial charge in [0.25, 0.3) is 0 Å². The number of aliphatic hydroxyl groups is 2. The van der Waals surface area contributed by atoms with Crippen LogP contribution < -0.4 is 10.5 Å². The Kier molecular flexibility index (Phi) is 5.50. The number of hydrogen-bond donors (Lipinski definition) is 4. The fourth-order valence-electron chi connectivity index (χ4n) is 1.53. The fraction of sp³-hybridized carbons (Fsp3) is 0.455. The molecule has 0 aliphatic heterocycles. The number of nitrogens with one attached hydrogen (secondary N) is 1. The van der Waals surface area contributed by atoms with Crippen molar-refractivity contribution < 1.29 is 23.0 Å². The summed E-state index contributed by atoms with van der Waals surface area (Å²) in [4.78, 5) is -0.328. The molecule has 5 N–H and O–H groups in total. The van der Waals surface area contributed by atoms with Gasteiger partial charge in [-0.1, -0.05) is 6.92 Å². The van der Waals surface area contributed by atoms with Crippen LogP contribution in [0.4, 0.5) is 10.1 Å². The van der Waals surface area contributed by atoms with Crippen LogP contribution in [-0.4, -0.2) is 37.4 Å². The zero-order chi connectivity index (χ0) is 15.6. The SMILES string of the molecule is CCC(CO)(CO)NS(=O)(=O)c1cc(Br)c(F)cc1N. The molecular formula is C11H16BrFN2O4S. The first kappa shape index (κ1) is 17.3. The molecule has 20 heavy (non-hydrogen) atoms. The van der Waals surface area contributed by atoms with Crippen LogP contribution in [0.25, 0.3) is 0 Å². The molecule has 1 rings (SSSR count). The second kappa shape index (κ2) is 6.35. The van der Waals surface area contributed by atoms with E-state index in [9.17, 15) is 23.0 Å². The van der Waals surface area contributed by atoms with E-state index in [4.69, 9.17) is 5.73 Å². The Morgan fingerprint density at radius 2 is 1.95 bits per heavy atom. The molecule has 0 spiro atoms. The third-order valence-corrected chi connectivity index (χ3v) is 5.22. The molecule has 0 unspecified atom stereocenters. The van der Waals surface area contributed by atoms with Gasteiger partial charge >= 0.3 is 0 Å². The minimum Gasteiger partial charge on any atom is -0.398 e. The molecule has 6 nitrogen and oxygen atoms in total. The average molecular weight is 371 g/mol. The Morgan fingerprint density at radius 1 is 1.40 bits per heavy atom. The molecule has 0 aliphatic carbocycles. The van der Waals surface area contributed by atoms with Crippen LogP contribution in [0.5, 0.6) is 0 Å². The molecule has 0 bridgehead atoms. The Bertz CT molecular complexity index is 582. The molecule has 1 aromatic rings. The fourth-order valence-corrected chi connectivity index (χ4v) is 3.62. The number of nitrogens with two attached hydrogens (primary N) is 1. The summed E-state index contributed by atoms with van der Waals surface area (Å²) >= 11 is 2.88. The maximum absolute atomic E-state index is 13.3. The monoisotopic (exact) mass is 370 g/mol. The van der Waals surface area contributed by atoms with Crippen LogP contribution in [-0.2, 0) is 10.0 Å². The first-order chi connectivity index (χ1) is 9.21. The van der Waals surface area contributed by atoms with Crippen LogP contribution in [0.1, 0.15) is 13.3 Å². The number of benzene rings is 1. The van der Waals surface area contributed by atoms with Gasteiger partial charge in [0, 0.05) is 0 Å². The largest absolute Gasteiger partial charge is 0.398 e. The zero-order valence-electron chi connectivity index (χ0n) is 10.7. The standard InChI is InChI=1S/C11H16BrFN2O4S/c1-2-11(5-16,6-17)15-20(18,19)10-3-7(12)8(13)4-9(10)14/h3-4,15-17H,2,5-6,14H2,1H3. The third-order valence-electron chi connectivity index (χ3n) is 2.98. The van der Waals surface area contributed by atoms with Gasteiger partial charge in [0.15, 0.2) is 0 Å². The maximum Gasteiger partial charge on any atom is 0.243 e. The van der Waals surface area contributed by atoms with Gasteiger partial charge in [-0.05, 0) is 34.5 Å². The molecule has 0 aliphatic rings. The predicted molar refractivity (Wildman–Crippen MR) is 76.0 cm³/mol. The van der Waals surface area contributed by atoms with E-state index in [0.29, 0.717) is 0 Å². The van der Waals surface area contributed by atoms with E-state index < -0.39 is 34.6 Å². The molecule has 0 saturated carbocycles. The Hall–Kier alpha value is -0.740. The molecule has 0 aromatic heterocycles. The molecule has 0 fully saturated rings. The lowest BCUT2D eigenvalue weighted by atomic mass is 10.0. The maximum atomic E-state index is 13.3. The third kappa shape index (κ3) is 3.47. The second-order valence-electron chi connectivity index (χ2n) is 4.36. The predicted octanol–water partition coefficient (Wildman–Crippen LogP) is 0.582. The highest BCUT2D eigenvalue weighted by molar-refractivity contribution is 9.10. The quantitative estimate of drug-likeness (QED) is 0.547. The lowest BCUT2D eigenvalue weighted by Gasteiger charge is -2.29. The van der Waals surface area contributed by atoms with E-state index in [1.165, 1.54) is 0 Å². The highest BCUT2D eigenvalue weighted by Gasteiger charge is 2.33. The zero-order valence-corrected chi connectivity index (χ0v) is 13.1. The summed E-state index contributed by atoms with van der Waals surface area (Å²) in [6.07, 6.45) is 0.168. The molecule has 0 radical (unpaired) electrons. The lowest BCUT2D eigenvalue weighted by molar-refractivity contribution is 0.105. The van der Waals surface area contributed by atoms with Crippen molar-refractivity contribution in [3.63, 3.8) is 0 Å². The highest BCUT2D eigenvalue weighted by atomic mass is 79.9. The van der Waals surface area contributed by atoms with Crippen LogP contribution in [0.3, 0.4) is 0 Å². The summed E-state index contributed by atoms with van der Waals surface area (Å²) in [5.41, 5.74) is 3.85. The van der Waals surface area contributed by atoms with Gasteiger partial charge in [-0.3, -0.25) is 0 Å². The highest BCUT2D eigenvalue weighted by Crippen LogP contribution is 2.27. The van der Waals surface area contributed by atoms with Crippen molar-refractivity contribution in [2.75, 3.05) is 18.9 Å². The summed E-state index contributed by atoms with van der Waals surface area (Å²) in [6, 6.07) is 1.91. The Morgan fingerprint density at radius 3 is 2.40 bits per heavy atom. The van der Waals surface area contributed by atoms with Crippen LogP contribution in [0.2, 0.25) is 0 Å². The van der Waals surface area contributed by atoms with Gasteiger partial charge in [-0.25, -0.2) is 17.5 Å². The van der Waals surface area contributed by atoms with Crippen LogP contribution in [0.15, 0.2) is 21.5 Å². The minimum absolute atomic E-state index is 0.0535. The van der Waals surface area contributed by atoms with Crippen LogP contribution >= 0.6 is 15.9 Å².